The van der Waals surface area contributed by atoms with Crippen LogP contribution in [0.4, 0.5) is 4.79 Å². The topological polar surface area (TPSA) is 84.9 Å². The Balaban J connectivity index is 1.91. The lowest BCUT2D eigenvalue weighted by atomic mass is 10.0. The second-order valence-corrected chi connectivity index (χ2v) is 6.75. The van der Waals surface area contributed by atoms with Crippen molar-refractivity contribution in [1.29, 1.82) is 0 Å². The minimum Gasteiger partial charge on any atom is -0.493 e. The SMILES string of the molecule is COc1ccc(C=C2C(=O)NC(=O)N(C3CCCCCC3)C2=O)cc1OC. The summed E-state index contributed by atoms with van der Waals surface area (Å²) < 4.78 is 10.5. The van der Waals surface area contributed by atoms with Crippen LogP contribution in [0.5, 0.6) is 11.5 Å². The first-order valence-electron chi connectivity index (χ1n) is 9.17. The summed E-state index contributed by atoms with van der Waals surface area (Å²) in [5.41, 5.74) is 0.562. The zero-order valence-corrected chi connectivity index (χ0v) is 15.6. The Morgan fingerprint density at radius 3 is 2.30 bits per heavy atom. The molecule has 1 aliphatic carbocycles. The van der Waals surface area contributed by atoms with Gasteiger partial charge in [0.2, 0.25) is 0 Å². The van der Waals surface area contributed by atoms with E-state index in [-0.39, 0.29) is 11.6 Å². The molecule has 2 fully saturated rings. The lowest BCUT2D eigenvalue weighted by Gasteiger charge is -2.32. The molecule has 0 atom stereocenters. The highest BCUT2D eigenvalue weighted by Crippen LogP contribution is 2.30. The maximum Gasteiger partial charge on any atom is 0.331 e. The fourth-order valence-corrected chi connectivity index (χ4v) is 3.63. The van der Waals surface area contributed by atoms with Gasteiger partial charge in [-0.1, -0.05) is 31.7 Å². The van der Waals surface area contributed by atoms with Crippen LogP contribution in [0, 0.1) is 0 Å². The van der Waals surface area contributed by atoms with E-state index in [4.69, 9.17) is 9.47 Å². The van der Waals surface area contributed by atoms with E-state index in [1.807, 2.05) is 0 Å². The van der Waals surface area contributed by atoms with E-state index in [2.05, 4.69) is 5.32 Å². The van der Waals surface area contributed by atoms with Gasteiger partial charge in [-0.2, -0.15) is 0 Å². The summed E-state index contributed by atoms with van der Waals surface area (Å²) in [6, 6.07) is 4.31. The molecule has 0 aromatic heterocycles. The van der Waals surface area contributed by atoms with E-state index in [0.29, 0.717) is 17.1 Å². The molecule has 7 nitrogen and oxygen atoms in total. The highest BCUT2D eigenvalue weighted by atomic mass is 16.5. The molecule has 1 saturated heterocycles. The molecule has 0 radical (unpaired) electrons. The summed E-state index contributed by atoms with van der Waals surface area (Å²) >= 11 is 0. The van der Waals surface area contributed by atoms with Gasteiger partial charge in [0, 0.05) is 6.04 Å². The second kappa shape index (κ2) is 8.24. The number of carbonyl (C=O) groups excluding carboxylic acids is 3. The van der Waals surface area contributed by atoms with Crippen LogP contribution in [0.1, 0.15) is 44.1 Å². The molecule has 27 heavy (non-hydrogen) atoms. The van der Waals surface area contributed by atoms with Crippen LogP contribution in [-0.2, 0) is 9.59 Å². The third-order valence-corrected chi connectivity index (χ3v) is 5.04. The first-order chi connectivity index (χ1) is 13.0. The fraction of sp³-hybridized carbons (Fsp3) is 0.450. The number of hydrogen-bond donors (Lipinski definition) is 1. The highest BCUT2D eigenvalue weighted by Gasteiger charge is 2.39. The van der Waals surface area contributed by atoms with Gasteiger partial charge >= 0.3 is 6.03 Å². The predicted molar refractivity (Wildman–Crippen MR) is 99.4 cm³/mol. The van der Waals surface area contributed by atoms with Crippen molar-refractivity contribution in [3.05, 3.63) is 29.3 Å². The molecular weight excluding hydrogens is 348 g/mol. The monoisotopic (exact) mass is 372 g/mol. The lowest BCUT2D eigenvalue weighted by molar-refractivity contribution is -0.131. The minimum absolute atomic E-state index is 0.0499. The molecular formula is C20H24N2O5. The van der Waals surface area contributed by atoms with Crippen LogP contribution in [0.2, 0.25) is 0 Å². The van der Waals surface area contributed by atoms with Crippen molar-refractivity contribution in [1.82, 2.24) is 10.2 Å². The number of imide groups is 2. The molecule has 1 aromatic rings. The van der Waals surface area contributed by atoms with Crippen molar-refractivity contribution < 1.29 is 23.9 Å². The molecule has 1 aromatic carbocycles. The maximum absolute atomic E-state index is 13.0. The van der Waals surface area contributed by atoms with Gasteiger partial charge in [-0.3, -0.25) is 19.8 Å². The molecule has 1 N–H and O–H groups in total. The zero-order chi connectivity index (χ0) is 19.4. The van der Waals surface area contributed by atoms with Gasteiger partial charge < -0.3 is 9.47 Å². The van der Waals surface area contributed by atoms with Gasteiger partial charge in [0.05, 0.1) is 14.2 Å². The van der Waals surface area contributed by atoms with E-state index in [1.165, 1.54) is 25.2 Å². The van der Waals surface area contributed by atoms with Gasteiger partial charge in [0.15, 0.2) is 11.5 Å². The summed E-state index contributed by atoms with van der Waals surface area (Å²) in [4.78, 5) is 38.8. The third-order valence-electron chi connectivity index (χ3n) is 5.04. The minimum atomic E-state index is -0.676. The number of nitrogens with one attached hydrogen (secondary N) is 1. The lowest BCUT2D eigenvalue weighted by Crippen LogP contribution is -2.57. The summed E-state index contributed by atoms with van der Waals surface area (Å²) in [6.07, 6.45) is 7.19. The number of rotatable bonds is 4. The Morgan fingerprint density at radius 2 is 1.67 bits per heavy atom. The van der Waals surface area contributed by atoms with E-state index in [0.717, 1.165) is 38.5 Å². The summed E-state index contributed by atoms with van der Waals surface area (Å²) in [5, 5.41) is 2.30. The molecule has 0 bridgehead atoms. The molecule has 2 aliphatic rings. The average Bonchev–Trinajstić information content (AvgIpc) is 2.94. The summed E-state index contributed by atoms with van der Waals surface area (Å²) in [7, 11) is 3.05. The predicted octanol–water partition coefficient (Wildman–Crippen LogP) is 2.89. The standard InChI is InChI=1S/C20H24N2O5/c1-26-16-10-9-13(12-17(16)27-2)11-15-18(23)21-20(25)22(19(15)24)14-7-5-3-4-6-8-14/h9-12,14H,3-8H2,1-2H3,(H,21,23,25). The van der Waals surface area contributed by atoms with Crippen LogP contribution < -0.4 is 14.8 Å². The summed E-state index contributed by atoms with van der Waals surface area (Å²) in [6.45, 7) is 0. The Bertz CT molecular complexity index is 779. The Labute approximate surface area is 158 Å². The van der Waals surface area contributed by atoms with Crippen molar-refractivity contribution in [2.24, 2.45) is 0 Å². The Kier molecular flexibility index (Phi) is 5.78. The van der Waals surface area contributed by atoms with Crippen molar-refractivity contribution in [2.75, 3.05) is 14.2 Å². The van der Waals surface area contributed by atoms with Crippen molar-refractivity contribution in [3.8, 4) is 11.5 Å². The largest absolute Gasteiger partial charge is 0.493 e. The van der Waals surface area contributed by atoms with Gasteiger partial charge in [0.1, 0.15) is 5.57 Å². The molecule has 144 valence electrons. The molecule has 1 saturated carbocycles. The van der Waals surface area contributed by atoms with E-state index < -0.39 is 17.8 Å². The second-order valence-electron chi connectivity index (χ2n) is 6.75. The average molecular weight is 372 g/mol. The summed E-state index contributed by atoms with van der Waals surface area (Å²) in [5.74, 6) is -0.170. The smallest absolute Gasteiger partial charge is 0.331 e. The van der Waals surface area contributed by atoms with Crippen LogP contribution in [-0.4, -0.2) is 43.0 Å². The molecule has 7 heteroatoms. The highest BCUT2D eigenvalue weighted by molar-refractivity contribution is 6.31. The quantitative estimate of drug-likeness (QED) is 0.499. The molecule has 4 amide bonds. The van der Waals surface area contributed by atoms with Gasteiger partial charge in [-0.15, -0.1) is 0 Å². The van der Waals surface area contributed by atoms with Gasteiger partial charge in [-0.05, 0) is 36.6 Å². The van der Waals surface area contributed by atoms with Gasteiger partial charge in [0.25, 0.3) is 11.8 Å². The van der Waals surface area contributed by atoms with Crippen LogP contribution in [0.25, 0.3) is 6.08 Å². The normalized spacial score (nSPS) is 20.4. The number of nitrogens with zero attached hydrogens (tertiary/aromatic N) is 1. The molecule has 1 heterocycles. The van der Waals surface area contributed by atoms with Gasteiger partial charge in [-0.25, -0.2) is 4.79 Å². The van der Waals surface area contributed by atoms with E-state index in [9.17, 15) is 14.4 Å². The number of amides is 4. The van der Waals surface area contributed by atoms with E-state index in [1.54, 1.807) is 18.2 Å². The number of urea groups is 1. The number of carbonyl (C=O) groups is 3. The number of barbiturate groups is 1. The Hall–Kier alpha value is -2.83. The van der Waals surface area contributed by atoms with Crippen molar-refractivity contribution in [2.45, 2.75) is 44.6 Å². The number of methoxy groups -OCH3 is 2. The number of hydrogen-bond acceptors (Lipinski definition) is 5. The number of ether oxygens (including phenoxy) is 2. The Morgan fingerprint density at radius 1 is 1.00 bits per heavy atom. The van der Waals surface area contributed by atoms with Crippen molar-refractivity contribution in [3.63, 3.8) is 0 Å². The van der Waals surface area contributed by atoms with Crippen molar-refractivity contribution >= 4 is 23.9 Å². The van der Waals surface area contributed by atoms with E-state index >= 15 is 0 Å². The maximum atomic E-state index is 13.0. The number of benzene rings is 1. The molecule has 0 unspecified atom stereocenters. The first kappa shape index (κ1) is 18.9. The van der Waals surface area contributed by atoms with Crippen LogP contribution in [0.3, 0.4) is 0 Å². The third kappa shape index (κ3) is 3.97. The molecule has 1 aliphatic heterocycles. The molecule has 0 spiro atoms. The fourth-order valence-electron chi connectivity index (χ4n) is 3.63. The zero-order valence-electron chi connectivity index (χ0n) is 15.6. The van der Waals surface area contributed by atoms with Crippen LogP contribution in [0.15, 0.2) is 23.8 Å². The molecule has 3 rings (SSSR count). The van der Waals surface area contributed by atoms with Crippen LogP contribution >= 0.6 is 0 Å². The first-order valence-corrected chi connectivity index (χ1v) is 9.17.